The molecular formula is C18H22N2O5. The Bertz CT molecular complexity index is 724. The highest BCUT2D eigenvalue weighted by Gasteiger charge is 2.34. The lowest BCUT2D eigenvalue weighted by atomic mass is 10.2. The average molecular weight is 346 g/mol. The molecular weight excluding hydrogens is 324 g/mol. The molecule has 7 nitrogen and oxygen atoms in total. The maximum absolute atomic E-state index is 10.4. The number of benzene rings is 1. The third kappa shape index (κ3) is 3.47. The zero-order valence-electron chi connectivity index (χ0n) is 14.0. The number of pyridine rings is 1. The van der Waals surface area contributed by atoms with Gasteiger partial charge in [-0.05, 0) is 37.1 Å². The van der Waals surface area contributed by atoms with Gasteiger partial charge in [-0.15, -0.1) is 0 Å². The van der Waals surface area contributed by atoms with Crippen LogP contribution in [0.4, 0.5) is 5.69 Å². The van der Waals surface area contributed by atoms with E-state index in [0.717, 1.165) is 6.42 Å². The molecule has 0 saturated carbocycles. The molecule has 1 unspecified atom stereocenters. The Hall–Kier alpha value is -2.51. The van der Waals surface area contributed by atoms with Crippen molar-refractivity contribution in [3.63, 3.8) is 0 Å². The second-order valence-electron chi connectivity index (χ2n) is 5.87. The summed E-state index contributed by atoms with van der Waals surface area (Å²) in [5, 5.41) is 29.6. The van der Waals surface area contributed by atoms with Gasteiger partial charge in [0.15, 0.2) is 0 Å². The maximum atomic E-state index is 10.4. The van der Waals surface area contributed by atoms with E-state index in [1.165, 1.54) is 6.07 Å². The van der Waals surface area contributed by atoms with Crippen molar-refractivity contribution in [2.75, 3.05) is 18.6 Å². The summed E-state index contributed by atoms with van der Waals surface area (Å²) >= 11 is 0. The minimum atomic E-state index is -0.645. The average Bonchev–Trinajstić information content (AvgIpc) is 3.00. The number of nitrogens with zero attached hydrogens (tertiary/aromatic N) is 2. The van der Waals surface area contributed by atoms with Crippen molar-refractivity contribution in [1.82, 2.24) is 4.98 Å². The first-order chi connectivity index (χ1) is 12.2. The Labute approximate surface area is 146 Å². The van der Waals surface area contributed by atoms with E-state index >= 15 is 0 Å². The number of aliphatic hydroxyl groups excluding tert-OH is 2. The van der Waals surface area contributed by atoms with Crippen molar-refractivity contribution >= 4 is 5.69 Å². The van der Waals surface area contributed by atoms with Crippen LogP contribution in [-0.4, -0.2) is 46.3 Å². The Kier molecular flexibility index (Phi) is 5.25. The number of aromatic hydroxyl groups is 1. The molecule has 134 valence electrons. The summed E-state index contributed by atoms with van der Waals surface area (Å²) in [6, 6.07) is 8.42. The van der Waals surface area contributed by atoms with Crippen LogP contribution in [0.25, 0.3) is 0 Å². The lowest BCUT2D eigenvalue weighted by molar-refractivity contribution is 0.176. The number of hydrogen-bond acceptors (Lipinski definition) is 7. The molecule has 0 aliphatic carbocycles. The molecule has 2 aromatic rings. The smallest absolute Gasteiger partial charge is 0.237 e. The zero-order valence-corrected chi connectivity index (χ0v) is 14.0. The highest BCUT2D eigenvalue weighted by molar-refractivity contribution is 5.57. The summed E-state index contributed by atoms with van der Waals surface area (Å²) in [5.41, 5.74) is 1.06. The van der Waals surface area contributed by atoms with Crippen LogP contribution >= 0.6 is 0 Å². The number of rotatable bonds is 6. The summed E-state index contributed by atoms with van der Waals surface area (Å²) in [6.07, 6.45) is 2.34. The van der Waals surface area contributed by atoms with Crippen molar-refractivity contribution in [2.24, 2.45) is 0 Å². The van der Waals surface area contributed by atoms with Crippen LogP contribution in [0.5, 0.6) is 17.4 Å². The molecule has 1 saturated heterocycles. The van der Waals surface area contributed by atoms with Crippen LogP contribution in [-0.2, 0) is 6.61 Å². The Morgan fingerprint density at radius 1 is 1.24 bits per heavy atom. The lowest BCUT2D eigenvalue weighted by Crippen LogP contribution is -2.39. The molecule has 25 heavy (non-hydrogen) atoms. The number of aliphatic hydroxyl groups is 2. The van der Waals surface area contributed by atoms with Gasteiger partial charge in [-0.3, -0.25) is 0 Å². The van der Waals surface area contributed by atoms with Gasteiger partial charge in [-0.25, -0.2) is 4.98 Å². The van der Waals surface area contributed by atoms with E-state index in [0.29, 0.717) is 35.9 Å². The summed E-state index contributed by atoms with van der Waals surface area (Å²) < 4.78 is 11.1. The Morgan fingerprint density at radius 2 is 2.08 bits per heavy atom. The topological polar surface area (TPSA) is 95.3 Å². The molecule has 7 heteroatoms. The zero-order chi connectivity index (χ0) is 17.8. The lowest BCUT2D eigenvalue weighted by Gasteiger charge is -2.30. The Balaban J connectivity index is 1.79. The summed E-state index contributed by atoms with van der Waals surface area (Å²) in [4.78, 5) is 6.03. The summed E-state index contributed by atoms with van der Waals surface area (Å²) in [6.45, 7) is -0.0129. The van der Waals surface area contributed by atoms with Crippen LogP contribution in [0.15, 0.2) is 36.5 Å². The van der Waals surface area contributed by atoms with Crippen LogP contribution in [0.3, 0.4) is 0 Å². The highest BCUT2D eigenvalue weighted by Crippen LogP contribution is 2.35. The maximum Gasteiger partial charge on any atom is 0.237 e. The van der Waals surface area contributed by atoms with Gasteiger partial charge in [-0.1, -0.05) is 6.07 Å². The predicted molar refractivity (Wildman–Crippen MR) is 91.8 cm³/mol. The first-order valence-corrected chi connectivity index (χ1v) is 8.15. The van der Waals surface area contributed by atoms with Gasteiger partial charge in [0, 0.05) is 6.20 Å². The molecule has 1 aliphatic heterocycles. The molecule has 3 N–H and O–H groups in total. The SMILES string of the molecule is COc1ncccc1N1C(O)CC[C@H]1COc1cccc(O)c1CO. The van der Waals surface area contributed by atoms with Crippen molar-refractivity contribution in [1.29, 1.82) is 0 Å². The van der Waals surface area contributed by atoms with Crippen LogP contribution in [0.1, 0.15) is 18.4 Å². The number of anilines is 1. The number of ether oxygens (including phenoxy) is 2. The largest absolute Gasteiger partial charge is 0.507 e. The van der Waals surface area contributed by atoms with Gasteiger partial charge in [0.25, 0.3) is 0 Å². The first kappa shape index (κ1) is 17.3. The molecule has 1 aromatic carbocycles. The third-order valence-corrected chi connectivity index (χ3v) is 4.39. The summed E-state index contributed by atoms with van der Waals surface area (Å²) in [7, 11) is 1.54. The van der Waals surface area contributed by atoms with Crippen molar-refractivity contribution < 1.29 is 24.8 Å². The summed E-state index contributed by atoms with van der Waals surface area (Å²) in [5.74, 6) is 0.876. The predicted octanol–water partition coefficient (Wildman–Crippen LogP) is 1.65. The number of aromatic nitrogens is 1. The molecule has 1 aromatic heterocycles. The van der Waals surface area contributed by atoms with Crippen molar-refractivity contribution in [3.8, 4) is 17.4 Å². The second kappa shape index (κ2) is 7.58. The van der Waals surface area contributed by atoms with Crippen LogP contribution < -0.4 is 14.4 Å². The normalized spacial score (nSPS) is 19.9. The molecule has 3 rings (SSSR count). The molecule has 2 heterocycles. The van der Waals surface area contributed by atoms with Gasteiger partial charge < -0.3 is 29.7 Å². The Morgan fingerprint density at radius 3 is 2.84 bits per heavy atom. The molecule has 0 spiro atoms. The van der Waals surface area contributed by atoms with E-state index in [1.54, 1.807) is 31.5 Å². The molecule has 0 bridgehead atoms. The van der Waals surface area contributed by atoms with Crippen molar-refractivity contribution in [3.05, 3.63) is 42.1 Å². The monoisotopic (exact) mass is 346 g/mol. The minimum absolute atomic E-state index is 0.00255. The highest BCUT2D eigenvalue weighted by atomic mass is 16.5. The number of phenols is 1. The number of methoxy groups -OCH3 is 1. The van der Waals surface area contributed by atoms with Crippen LogP contribution in [0.2, 0.25) is 0 Å². The fourth-order valence-electron chi connectivity index (χ4n) is 3.15. The number of hydrogen-bond donors (Lipinski definition) is 3. The van der Waals surface area contributed by atoms with Gasteiger partial charge >= 0.3 is 0 Å². The molecule has 1 fully saturated rings. The minimum Gasteiger partial charge on any atom is -0.507 e. The van der Waals surface area contributed by atoms with E-state index in [2.05, 4.69) is 4.98 Å². The van der Waals surface area contributed by atoms with Gasteiger partial charge in [-0.2, -0.15) is 0 Å². The third-order valence-electron chi connectivity index (χ3n) is 4.39. The van der Waals surface area contributed by atoms with E-state index < -0.39 is 6.23 Å². The van der Waals surface area contributed by atoms with E-state index in [4.69, 9.17) is 9.47 Å². The van der Waals surface area contributed by atoms with E-state index in [1.807, 2.05) is 11.0 Å². The van der Waals surface area contributed by atoms with E-state index in [-0.39, 0.29) is 18.4 Å². The molecule has 2 atom stereocenters. The van der Waals surface area contributed by atoms with Gasteiger partial charge in [0.05, 0.1) is 25.3 Å². The fourth-order valence-corrected chi connectivity index (χ4v) is 3.15. The molecule has 1 aliphatic rings. The van der Waals surface area contributed by atoms with Crippen LogP contribution in [0, 0.1) is 0 Å². The van der Waals surface area contributed by atoms with Gasteiger partial charge in [0.1, 0.15) is 30.0 Å². The fraction of sp³-hybridized carbons (Fsp3) is 0.389. The molecule has 0 amide bonds. The molecule has 0 radical (unpaired) electrons. The standard InChI is InChI=1S/C18H22N2O5/c1-24-18-14(4-3-9-19-18)20-12(7-8-17(20)23)11-25-16-6-2-5-15(22)13(16)10-21/h2-6,9,12,17,21-23H,7-8,10-11H2,1H3/t12-,17?/m0/s1. The van der Waals surface area contributed by atoms with E-state index in [9.17, 15) is 15.3 Å². The van der Waals surface area contributed by atoms with Crippen molar-refractivity contribution in [2.45, 2.75) is 31.7 Å². The van der Waals surface area contributed by atoms with Gasteiger partial charge in [0.2, 0.25) is 5.88 Å². The second-order valence-corrected chi connectivity index (χ2v) is 5.87. The first-order valence-electron chi connectivity index (χ1n) is 8.15. The quantitative estimate of drug-likeness (QED) is 0.732.